The molecule has 0 aliphatic carbocycles. The number of ether oxygens (including phenoxy) is 2. The number of carbonyl (C=O) groups is 1. The molecule has 3 aromatic rings. The van der Waals surface area contributed by atoms with Gasteiger partial charge in [0, 0.05) is 12.0 Å². The number of hydrogen-bond acceptors (Lipinski definition) is 9. The first kappa shape index (κ1) is 19.4. The lowest BCUT2D eigenvalue weighted by Crippen LogP contribution is -2.37. The van der Waals surface area contributed by atoms with Crippen molar-refractivity contribution in [2.75, 3.05) is 25.7 Å². The number of anilines is 2. The third-order valence-electron chi connectivity index (χ3n) is 4.98. The first-order valence-corrected chi connectivity index (χ1v) is 9.20. The van der Waals surface area contributed by atoms with E-state index >= 15 is 0 Å². The molecule has 2 aromatic heterocycles. The smallest absolute Gasteiger partial charge is 0.257 e. The van der Waals surface area contributed by atoms with Crippen LogP contribution in [0, 0.1) is 6.92 Å². The van der Waals surface area contributed by atoms with Crippen LogP contribution in [0.4, 0.5) is 11.8 Å². The molecule has 1 amide bonds. The van der Waals surface area contributed by atoms with E-state index in [0.29, 0.717) is 34.8 Å². The first-order valence-electron chi connectivity index (χ1n) is 9.20. The van der Waals surface area contributed by atoms with Gasteiger partial charge in [0.15, 0.2) is 5.82 Å². The van der Waals surface area contributed by atoms with Crippen LogP contribution >= 0.6 is 0 Å². The molecule has 0 bridgehead atoms. The second-order valence-electron chi connectivity index (χ2n) is 6.82. The average Bonchev–Trinajstić information content (AvgIpc) is 2.72. The van der Waals surface area contributed by atoms with Crippen molar-refractivity contribution in [3.63, 3.8) is 0 Å². The molecule has 1 aromatic carbocycles. The summed E-state index contributed by atoms with van der Waals surface area (Å²) in [4.78, 5) is 29.8. The lowest BCUT2D eigenvalue weighted by atomic mass is 9.90. The van der Waals surface area contributed by atoms with Gasteiger partial charge in [0.2, 0.25) is 5.95 Å². The van der Waals surface area contributed by atoms with E-state index in [0.717, 1.165) is 11.1 Å². The molecule has 1 aliphatic rings. The SMILES string of the molecule is COc1ccc(C2Cc3nc(N)nc(C)c3C(=O)N2)c(-c2cnc(N)c(OC)n2)c1. The highest BCUT2D eigenvalue weighted by Gasteiger charge is 2.31. The van der Waals surface area contributed by atoms with Crippen LogP contribution in [-0.2, 0) is 6.42 Å². The predicted molar refractivity (Wildman–Crippen MR) is 110 cm³/mol. The van der Waals surface area contributed by atoms with Crippen molar-refractivity contribution in [2.45, 2.75) is 19.4 Å². The first-order chi connectivity index (χ1) is 14.4. The minimum absolute atomic E-state index is 0.142. The second-order valence-corrected chi connectivity index (χ2v) is 6.82. The van der Waals surface area contributed by atoms with E-state index in [2.05, 4.69) is 25.3 Å². The monoisotopic (exact) mass is 407 g/mol. The summed E-state index contributed by atoms with van der Waals surface area (Å²) in [5.41, 5.74) is 15.3. The zero-order valence-electron chi connectivity index (χ0n) is 16.8. The third kappa shape index (κ3) is 3.32. The number of carbonyl (C=O) groups excluding carboxylic acids is 1. The van der Waals surface area contributed by atoms with Gasteiger partial charge in [-0.05, 0) is 24.6 Å². The standard InChI is InChI=1S/C20H21N7O3/c1-9-16-14(27-20(22)24-9)7-13(25-18(16)28)11-5-4-10(29-2)6-12(11)15-8-23-17(21)19(26-15)30-3/h4-6,8,13H,7H2,1-3H3,(H2,21,23)(H,25,28)(H2,22,24,27). The van der Waals surface area contributed by atoms with Crippen LogP contribution in [0.1, 0.15) is 33.4 Å². The van der Waals surface area contributed by atoms with Gasteiger partial charge in [-0.2, -0.15) is 0 Å². The van der Waals surface area contributed by atoms with Crippen molar-refractivity contribution >= 4 is 17.7 Å². The molecule has 154 valence electrons. The number of amides is 1. The van der Waals surface area contributed by atoms with Crippen molar-refractivity contribution in [2.24, 2.45) is 0 Å². The van der Waals surface area contributed by atoms with Crippen LogP contribution in [0.15, 0.2) is 24.4 Å². The Balaban J connectivity index is 1.83. The molecule has 0 saturated carbocycles. The number of nitrogens with one attached hydrogen (secondary N) is 1. The van der Waals surface area contributed by atoms with Gasteiger partial charge < -0.3 is 26.3 Å². The lowest BCUT2D eigenvalue weighted by Gasteiger charge is -2.27. The molecule has 5 N–H and O–H groups in total. The molecule has 0 radical (unpaired) electrons. The Labute approximate surface area is 172 Å². The topological polar surface area (TPSA) is 151 Å². The van der Waals surface area contributed by atoms with Crippen molar-refractivity contribution in [1.82, 2.24) is 25.3 Å². The van der Waals surface area contributed by atoms with Crippen LogP contribution in [0.5, 0.6) is 11.6 Å². The van der Waals surface area contributed by atoms with Crippen LogP contribution in [0.3, 0.4) is 0 Å². The molecule has 3 heterocycles. The van der Waals surface area contributed by atoms with Crippen molar-refractivity contribution in [3.8, 4) is 22.9 Å². The zero-order chi connectivity index (χ0) is 21.4. The minimum Gasteiger partial charge on any atom is -0.497 e. The van der Waals surface area contributed by atoms with E-state index in [-0.39, 0.29) is 29.6 Å². The maximum atomic E-state index is 12.8. The highest BCUT2D eigenvalue weighted by Crippen LogP contribution is 2.35. The molecular weight excluding hydrogens is 386 g/mol. The van der Waals surface area contributed by atoms with Crippen LogP contribution < -0.4 is 26.3 Å². The predicted octanol–water partition coefficient (Wildman–Crippen LogP) is 1.45. The Bertz CT molecular complexity index is 1150. The molecule has 1 unspecified atom stereocenters. The number of nitrogens with zero attached hydrogens (tertiary/aromatic N) is 4. The molecule has 0 spiro atoms. The Morgan fingerprint density at radius 3 is 2.67 bits per heavy atom. The number of nitrogens with two attached hydrogens (primary N) is 2. The zero-order valence-corrected chi connectivity index (χ0v) is 16.8. The molecule has 10 heteroatoms. The Kier molecular flexibility index (Phi) is 4.82. The maximum Gasteiger partial charge on any atom is 0.257 e. The maximum absolute atomic E-state index is 12.8. The molecule has 1 aliphatic heterocycles. The quantitative estimate of drug-likeness (QED) is 0.583. The Morgan fingerprint density at radius 2 is 1.93 bits per heavy atom. The van der Waals surface area contributed by atoms with Crippen molar-refractivity contribution in [1.29, 1.82) is 0 Å². The number of rotatable bonds is 4. The van der Waals surface area contributed by atoms with Crippen LogP contribution in [0.2, 0.25) is 0 Å². The minimum atomic E-state index is -0.357. The molecule has 4 rings (SSSR count). The van der Waals surface area contributed by atoms with Gasteiger partial charge in [0.25, 0.3) is 11.8 Å². The van der Waals surface area contributed by atoms with Gasteiger partial charge in [-0.25, -0.2) is 19.9 Å². The van der Waals surface area contributed by atoms with Crippen molar-refractivity contribution in [3.05, 3.63) is 46.9 Å². The molecular formula is C20H21N7O3. The molecule has 10 nitrogen and oxygen atoms in total. The molecule has 0 fully saturated rings. The summed E-state index contributed by atoms with van der Waals surface area (Å²) in [7, 11) is 3.05. The summed E-state index contributed by atoms with van der Waals surface area (Å²) < 4.78 is 10.6. The van der Waals surface area contributed by atoms with Gasteiger partial charge in [0.05, 0.1) is 49.1 Å². The highest BCUT2D eigenvalue weighted by atomic mass is 16.5. The largest absolute Gasteiger partial charge is 0.497 e. The number of nitrogen functional groups attached to an aromatic ring is 2. The summed E-state index contributed by atoms with van der Waals surface area (Å²) in [5, 5.41) is 3.03. The second kappa shape index (κ2) is 7.47. The molecule has 0 saturated heterocycles. The average molecular weight is 407 g/mol. The highest BCUT2D eigenvalue weighted by molar-refractivity contribution is 5.98. The number of methoxy groups -OCH3 is 2. The van der Waals surface area contributed by atoms with E-state index in [1.165, 1.54) is 7.11 Å². The van der Waals surface area contributed by atoms with E-state index in [4.69, 9.17) is 20.9 Å². The fourth-order valence-electron chi connectivity index (χ4n) is 3.61. The van der Waals surface area contributed by atoms with Crippen molar-refractivity contribution < 1.29 is 14.3 Å². The summed E-state index contributed by atoms with van der Waals surface area (Å²) in [6, 6.07) is 5.18. The number of hydrogen-bond donors (Lipinski definition) is 3. The Hall–Kier alpha value is -3.95. The summed E-state index contributed by atoms with van der Waals surface area (Å²) >= 11 is 0. The molecule has 30 heavy (non-hydrogen) atoms. The van der Waals surface area contributed by atoms with E-state index < -0.39 is 0 Å². The number of benzene rings is 1. The van der Waals surface area contributed by atoms with E-state index in [1.807, 2.05) is 18.2 Å². The van der Waals surface area contributed by atoms with Gasteiger partial charge in [-0.1, -0.05) is 6.07 Å². The van der Waals surface area contributed by atoms with Gasteiger partial charge >= 0.3 is 0 Å². The number of aromatic nitrogens is 4. The normalized spacial score (nSPS) is 15.3. The summed E-state index contributed by atoms with van der Waals surface area (Å²) in [6.07, 6.45) is 2.01. The van der Waals surface area contributed by atoms with Crippen LogP contribution in [0.25, 0.3) is 11.3 Å². The van der Waals surface area contributed by atoms with Gasteiger partial charge in [-0.3, -0.25) is 4.79 Å². The lowest BCUT2D eigenvalue weighted by molar-refractivity contribution is 0.0922. The third-order valence-corrected chi connectivity index (χ3v) is 4.98. The Morgan fingerprint density at radius 1 is 1.13 bits per heavy atom. The molecule has 1 atom stereocenters. The van der Waals surface area contributed by atoms with E-state index in [9.17, 15) is 4.79 Å². The number of fused-ring (bicyclic) bond motifs is 1. The fourth-order valence-corrected chi connectivity index (χ4v) is 3.61. The van der Waals surface area contributed by atoms with Crippen LogP contribution in [-0.4, -0.2) is 40.1 Å². The van der Waals surface area contributed by atoms with Gasteiger partial charge in [-0.15, -0.1) is 0 Å². The fraction of sp³-hybridized carbons (Fsp3) is 0.250. The van der Waals surface area contributed by atoms with Gasteiger partial charge in [0.1, 0.15) is 5.75 Å². The summed E-state index contributed by atoms with van der Waals surface area (Å²) in [5.74, 6) is 0.935. The summed E-state index contributed by atoms with van der Waals surface area (Å²) in [6.45, 7) is 1.74. The van der Waals surface area contributed by atoms with E-state index in [1.54, 1.807) is 20.2 Å². The number of aryl methyl sites for hydroxylation is 1.